The van der Waals surface area contributed by atoms with Crippen molar-refractivity contribution in [3.05, 3.63) is 0 Å². The first-order valence-electron chi connectivity index (χ1n) is 5.81. The van der Waals surface area contributed by atoms with Gasteiger partial charge in [0.15, 0.2) is 0 Å². The maximum atomic E-state index is 10.5. The Labute approximate surface area is 107 Å². The predicted molar refractivity (Wildman–Crippen MR) is 64.2 cm³/mol. The van der Waals surface area contributed by atoms with Crippen LogP contribution in [0.25, 0.3) is 0 Å². The summed E-state index contributed by atoms with van der Waals surface area (Å²) in [5.41, 5.74) is 0. The normalized spacial score (nSPS) is 14.2. The molecule has 0 bridgehead atoms. The van der Waals surface area contributed by atoms with Gasteiger partial charge in [0.25, 0.3) is 0 Å². The third-order valence-corrected chi connectivity index (χ3v) is 1.91. The average molecular weight is 265 g/mol. The summed E-state index contributed by atoms with van der Waals surface area (Å²) >= 11 is 0. The van der Waals surface area contributed by atoms with Crippen LogP contribution in [-0.4, -0.2) is 75.0 Å². The molecule has 0 aliphatic rings. The molecule has 2 atom stereocenters. The minimum atomic E-state index is -0.753. The second-order valence-electron chi connectivity index (χ2n) is 3.86. The fourth-order valence-electron chi connectivity index (χ4n) is 1.15. The smallest absolute Gasteiger partial charge is 0.216 e. The van der Waals surface area contributed by atoms with Crippen molar-refractivity contribution >= 4 is 5.91 Å². The van der Waals surface area contributed by atoms with E-state index in [-0.39, 0.29) is 32.3 Å². The quantitative estimate of drug-likeness (QED) is 0.394. The van der Waals surface area contributed by atoms with Crippen LogP contribution in [0.15, 0.2) is 0 Å². The molecule has 0 aliphatic heterocycles. The Morgan fingerprint density at radius 2 is 1.67 bits per heavy atom. The van der Waals surface area contributed by atoms with Gasteiger partial charge in [-0.05, 0) is 0 Å². The lowest BCUT2D eigenvalue weighted by atomic mass is 10.4. The number of methoxy groups -OCH3 is 1. The van der Waals surface area contributed by atoms with E-state index in [1.807, 2.05) is 0 Å². The Morgan fingerprint density at radius 1 is 1.11 bits per heavy atom. The summed E-state index contributed by atoms with van der Waals surface area (Å²) in [6, 6.07) is 0. The molecule has 7 heteroatoms. The Hall–Kier alpha value is -0.730. The molecule has 2 unspecified atom stereocenters. The number of carbonyl (C=O) groups excluding carboxylic acids is 1. The molecular formula is C11H23NO6. The van der Waals surface area contributed by atoms with E-state index >= 15 is 0 Å². The van der Waals surface area contributed by atoms with Gasteiger partial charge in [-0.15, -0.1) is 0 Å². The molecule has 0 aliphatic carbocycles. The first-order valence-corrected chi connectivity index (χ1v) is 5.81. The molecular weight excluding hydrogens is 242 g/mol. The van der Waals surface area contributed by atoms with Gasteiger partial charge in [-0.25, -0.2) is 0 Å². The lowest BCUT2D eigenvalue weighted by Gasteiger charge is -2.14. The zero-order valence-corrected chi connectivity index (χ0v) is 10.9. The predicted octanol–water partition coefficient (Wildman–Crippen LogP) is -1.48. The number of amides is 1. The summed E-state index contributed by atoms with van der Waals surface area (Å²) in [5, 5.41) is 21.3. The zero-order chi connectivity index (χ0) is 13.8. The van der Waals surface area contributed by atoms with Gasteiger partial charge in [-0.2, -0.15) is 0 Å². The number of nitrogens with one attached hydrogen (secondary N) is 1. The van der Waals surface area contributed by atoms with Crippen molar-refractivity contribution in [2.75, 3.05) is 46.7 Å². The van der Waals surface area contributed by atoms with Crippen molar-refractivity contribution in [2.45, 2.75) is 19.1 Å². The highest BCUT2D eigenvalue weighted by Gasteiger charge is 2.07. The number of aliphatic hydroxyl groups excluding tert-OH is 2. The molecule has 1 amide bonds. The van der Waals surface area contributed by atoms with Crippen LogP contribution in [0.5, 0.6) is 0 Å². The number of carbonyl (C=O) groups is 1. The molecule has 18 heavy (non-hydrogen) atoms. The lowest BCUT2D eigenvalue weighted by molar-refractivity contribution is -0.119. The Bertz CT molecular complexity index is 214. The van der Waals surface area contributed by atoms with E-state index in [4.69, 9.17) is 14.2 Å². The molecule has 3 N–H and O–H groups in total. The first kappa shape index (κ1) is 17.3. The van der Waals surface area contributed by atoms with Crippen molar-refractivity contribution in [2.24, 2.45) is 0 Å². The van der Waals surface area contributed by atoms with E-state index < -0.39 is 12.2 Å². The van der Waals surface area contributed by atoms with Crippen molar-refractivity contribution in [3.63, 3.8) is 0 Å². The van der Waals surface area contributed by atoms with Crippen LogP contribution in [-0.2, 0) is 19.0 Å². The van der Waals surface area contributed by atoms with Gasteiger partial charge in [0.05, 0.1) is 33.0 Å². The van der Waals surface area contributed by atoms with Gasteiger partial charge in [-0.3, -0.25) is 4.79 Å². The van der Waals surface area contributed by atoms with Crippen LogP contribution < -0.4 is 5.32 Å². The minimum absolute atomic E-state index is 0.0842. The maximum Gasteiger partial charge on any atom is 0.216 e. The molecule has 0 saturated carbocycles. The fourth-order valence-corrected chi connectivity index (χ4v) is 1.15. The van der Waals surface area contributed by atoms with Gasteiger partial charge in [0.2, 0.25) is 5.91 Å². The molecule has 0 aromatic rings. The Kier molecular flexibility index (Phi) is 10.9. The van der Waals surface area contributed by atoms with Crippen LogP contribution >= 0.6 is 0 Å². The number of rotatable bonds is 11. The molecule has 7 nitrogen and oxygen atoms in total. The number of ether oxygens (including phenoxy) is 3. The van der Waals surface area contributed by atoms with Crippen LogP contribution in [0.1, 0.15) is 6.92 Å². The van der Waals surface area contributed by atoms with E-state index in [2.05, 4.69) is 5.32 Å². The average Bonchev–Trinajstić information content (AvgIpc) is 2.28. The highest BCUT2D eigenvalue weighted by Crippen LogP contribution is 1.91. The molecule has 0 saturated heterocycles. The summed E-state index contributed by atoms with van der Waals surface area (Å²) in [5.74, 6) is -0.116. The number of aliphatic hydroxyl groups is 2. The standard InChI is InChI=1S/C11H23NO6/c1-9(13)12-3-4-17-6-11(15)8-18-7-10(14)5-16-2/h10-11,14-15H,3-8H2,1-2H3,(H,12,13). The first-order chi connectivity index (χ1) is 8.56. The number of hydrogen-bond acceptors (Lipinski definition) is 6. The van der Waals surface area contributed by atoms with E-state index in [9.17, 15) is 15.0 Å². The van der Waals surface area contributed by atoms with Crippen molar-refractivity contribution < 1.29 is 29.2 Å². The SMILES string of the molecule is COCC(O)COCC(O)COCCNC(C)=O. The van der Waals surface area contributed by atoms with Gasteiger partial charge >= 0.3 is 0 Å². The van der Waals surface area contributed by atoms with Crippen LogP contribution in [0, 0.1) is 0 Å². The van der Waals surface area contributed by atoms with Gasteiger partial charge in [0.1, 0.15) is 12.2 Å². The fraction of sp³-hybridized carbons (Fsp3) is 0.909. The molecule has 0 radical (unpaired) electrons. The summed E-state index contributed by atoms with van der Waals surface area (Å²) in [6.45, 7) is 2.69. The van der Waals surface area contributed by atoms with Gasteiger partial charge in [-0.1, -0.05) is 0 Å². The maximum absolute atomic E-state index is 10.5. The van der Waals surface area contributed by atoms with Crippen molar-refractivity contribution in [1.82, 2.24) is 5.32 Å². The van der Waals surface area contributed by atoms with E-state index in [1.54, 1.807) is 0 Å². The molecule has 108 valence electrons. The monoisotopic (exact) mass is 265 g/mol. The Morgan fingerprint density at radius 3 is 2.22 bits per heavy atom. The number of hydrogen-bond donors (Lipinski definition) is 3. The van der Waals surface area contributed by atoms with Crippen LogP contribution in [0.3, 0.4) is 0 Å². The summed E-state index contributed by atoms with van der Waals surface area (Å²) in [7, 11) is 1.49. The third kappa shape index (κ3) is 11.7. The van der Waals surface area contributed by atoms with E-state index in [0.717, 1.165) is 0 Å². The van der Waals surface area contributed by atoms with Gasteiger partial charge < -0.3 is 29.7 Å². The summed E-state index contributed by atoms with van der Waals surface area (Å²) < 4.78 is 14.9. The summed E-state index contributed by atoms with van der Waals surface area (Å²) in [4.78, 5) is 10.5. The van der Waals surface area contributed by atoms with Gasteiger partial charge in [0, 0.05) is 20.6 Å². The van der Waals surface area contributed by atoms with E-state index in [1.165, 1.54) is 14.0 Å². The van der Waals surface area contributed by atoms with Crippen LogP contribution in [0.2, 0.25) is 0 Å². The highest BCUT2D eigenvalue weighted by atomic mass is 16.5. The van der Waals surface area contributed by atoms with Crippen molar-refractivity contribution in [1.29, 1.82) is 0 Å². The second-order valence-corrected chi connectivity index (χ2v) is 3.86. The topological polar surface area (TPSA) is 97.2 Å². The largest absolute Gasteiger partial charge is 0.388 e. The molecule has 0 rings (SSSR count). The van der Waals surface area contributed by atoms with Crippen molar-refractivity contribution in [3.8, 4) is 0 Å². The Balaban J connectivity index is 3.32. The molecule has 0 aromatic carbocycles. The zero-order valence-electron chi connectivity index (χ0n) is 10.9. The summed E-state index contributed by atoms with van der Waals surface area (Å²) in [6.07, 6.45) is -1.44. The molecule has 0 aromatic heterocycles. The molecule has 0 fully saturated rings. The molecule has 0 spiro atoms. The highest BCUT2D eigenvalue weighted by molar-refractivity contribution is 5.72. The minimum Gasteiger partial charge on any atom is -0.388 e. The third-order valence-electron chi connectivity index (χ3n) is 1.91. The van der Waals surface area contributed by atoms with E-state index in [0.29, 0.717) is 13.2 Å². The second kappa shape index (κ2) is 11.4. The van der Waals surface area contributed by atoms with Crippen LogP contribution in [0.4, 0.5) is 0 Å². The lowest BCUT2D eigenvalue weighted by Crippen LogP contribution is -2.29. The molecule has 0 heterocycles.